The second-order valence-corrected chi connectivity index (χ2v) is 10.1. The molecule has 1 atom stereocenters. The number of nitrogens with zero attached hydrogens (tertiary/aromatic N) is 1. The normalized spacial score (nSPS) is 14.3. The van der Waals surface area contributed by atoms with Crippen LogP contribution in [-0.4, -0.2) is 18.8 Å². The van der Waals surface area contributed by atoms with E-state index in [9.17, 15) is 14.4 Å². The Hall–Kier alpha value is -4.88. The monoisotopic (exact) mass is 565 g/mol. The van der Waals surface area contributed by atoms with Crippen molar-refractivity contribution in [3.8, 4) is 11.5 Å². The molecular weight excluding hydrogens is 542 g/mol. The molecule has 41 heavy (non-hydrogen) atoms. The number of methoxy groups -OCH3 is 1. The lowest BCUT2D eigenvalue weighted by atomic mass is 9.97. The topological polar surface area (TPSA) is 86.0 Å². The number of benzene rings is 4. The predicted octanol–water partition coefficient (Wildman–Crippen LogP) is 6.99. The van der Waals surface area contributed by atoms with Crippen molar-refractivity contribution in [2.75, 3.05) is 12.0 Å². The Bertz CT molecular complexity index is 1860. The van der Waals surface area contributed by atoms with Gasteiger partial charge in [-0.25, -0.2) is 0 Å². The predicted molar refractivity (Wildman–Crippen MR) is 156 cm³/mol. The molecule has 7 nitrogen and oxygen atoms in total. The Balaban J connectivity index is 1.49. The zero-order valence-corrected chi connectivity index (χ0v) is 23.0. The van der Waals surface area contributed by atoms with Gasteiger partial charge in [0.05, 0.1) is 24.1 Å². The SMILES string of the molecule is COc1cc(C2c3c(oc4ccc(Cl)cc4c3=O)C(=O)N2c2ccc(C(C)=O)cc2)ccc1OCc1ccccc1. The molecule has 8 heteroatoms. The first-order chi connectivity index (χ1) is 19.9. The number of hydrogen-bond donors (Lipinski definition) is 0. The maximum absolute atomic E-state index is 13.9. The van der Waals surface area contributed by atoms with Crippen LogP contribution in [0.25, 0.3) is 11.0 Å². The van der Waals surface area contributed by atoms with Crippen LogP contribution < -0.4 is 19.8 Å². The number of hydrogen-bond acceptors (Lipinski definition) is 6. The molecule has 0 saturated heterocycles. The van der Waals surface area contributed by atoms with E-state index in [4.69, 9.17) is 25.5 Å². The minimum atomic E-state index is -0.836. The number of ether oxygens (including phenoxy) is 2. The molecule has 204 valence electrons. The zero-order valence-electron chi connectivity index (χ0n) is 22.2. The number of Topliss-reactive ketones (excluding diaryl/α,β-unsaturated/α-hetero) is 1. The van der Waals surface area contributed by atoms with Gasteiger partial charge in [0.1, 0.15) is 12.2 Å². The highest BCUT2D eigenvalue weighted by atomic mass is 35.5. The van der Waals surface area contributed by atoms with Gasteiger partial charge in [0.25, 0.3) is 5.91 Å². The van der Waals surface area contributed by atoms with E-state index < -0.39 is 11.9 Å². The van der Waals surface area contributed by atoms with Gasteiger partial charge >= 0.3 is 0 Å². The molecule has 0 aliphatic carbocycles. The summed E-state index contributed by atoms with van der Waals surface area (Å²) in [6.07, 6.45) is 0. The van der Waals surface area contributed by atoms with Gasteiger partial charge in [-0.1, -0.05) is 48.0 Å². The smallest absolute Gasteiger partial charge is 0.295 e. The molecule has 1 amide bonds. The van der Waals surface area contributed by atoms with Gasteiger partial charge < -0.3 is 13.9 Å². The summed E-state index contributed by atoms with van der Waals surface area (Å²) in [6.45, 7) is 1.81. The van der Waals surface area contributed by atoms with Crippen LogP contribution in [0.2, 0.25) is 5.02 Å². The molecule has 1 aromatic heterocycles. The maximum atomic E-state index is 13.9. The van der Waals surface area contributed by atoms with Crippen molar-refractivity contribution in [1.82, 2.24) is 0 Å². The Morgan fingerprint density at radius 1 is 0.927 bits per heavy atom. The van der Waals surface area contributed by atoms with Gasteiger partial charge in [0.15, 0.2) is 22.7 Å². The summed E-state index contributed by atoms with van der Waals surface area (Å²) in [6, 6.07) is 25.6. The van der Waals surface area contributed by atoms with E-state index >= 15 is 0 Å². The molecule has 0 saturated carbocycles. The van der Waals surface area contributed by atoms with E-state index in [-0.39, 0.29) is 33.5 Å². The summed E-state index contributed by atoms with van der Waals surface area (Å²) in [5, 5.41) is 0.654. The van der Waals surface area contributed by atoms with E-state index in [0.717, 1.165) is 5.56 Å². The molecule has 5 aromatic rings. The average molecular weight is 566 g/mol. The fourth-order valence-corrected chi connectivity index (χ4v) is 5.26. The summed E-state index contributed by atoms with van der Waals surface area (Å²) in [4.78, 5) is 41.2. The van der Waals surface area contributed by atoms with Gasteiger partial charge in [-0.05, 0) is 72.6 Å². The molecule has 0 bridgehead atoms. The Morgan fingerprint density at radius 2 is 1.68 bits per heavy atom. The molecule has 0 fully saturated rings. The van der Waals surface area contributed by atoms with Crippen LogP contribution in [0, 0.1) is 0 Å². The zero-order chi connectivity index (χ0) is 28.7. The molecule has 0 radical (unpaired) electrons. The first kappa shape index (κ1) is 26.3. The number of anilines is 1. The minimum absolute atomic E-state index is 0.0474. The van der Waals surface area contributed by atoms with E-state index in [0.29, 0.717) is 39.9 Å². The van der Waals surface area contributed by atoms with E-state index in [1.165, 1.54) is 25.0 Å². The number of ketones is 1. The van der Waals surface area contributed by atoms with Crippen molar-refractivity contribution in [3.63, 3.8) is 0 Å². The Morgan fingerprint density at radius 3 is 2.39 bits per heavy atom. The third-order valence-electron chi connectivity index (χ3n) is 7.12. The van der Waals surface area contributed by atoms with Gasteiger partial charge in [-0.2, -0.15) is 0 Å². The van der Waals surface area contributed by atoms with E-state index in [1.807, 2.05) is 30.3 Å². The largest absolute Gasteiger partial charge is 0.493 e. The summed E-state index contributed by atoms with van der Waals surface area (Å²) in [7, 11) is 1.53. The van der Waals surface area contributed by atoms with Crippen LogP contribution in [0.5, 0.6) is 11.5 Å². The quantitative estimate of drug-likeness (QED) is 0.198. The number of carbonyl (C=O) groups excluding carboxylic acids is 2. The van der Waals surface area contributed by atoms with Gasteiger partial charge in [0, 0.05) is 16.3 Å². The number of halogens is 1. The van der Waals surface area contributed by atoms with Gasteiger partial charge in [0.2, 0.25) is 5.76 Å². The van der Waals surface area contributed by atoms with Crippen LogP contribution >= 0.6 is 11.6 Å². The summed E-state index contributed by atoms with van der Waals surface area (Å²) in [5.74, 6) is 0.338. The number of fused-ring (bicyclic) bond motifs is 2. The first-order valence-electron chi connectivity index (χ1n) is 12.9. The fraction of sp³-hybridized carbons (Fsp3) is 0.121. The number of amides is 1. The molecule has 1 aliphatic heterocycles. The third kappa shape index (κ3) is 4.74. The molecule has 0 spiro atoms. The third-order valence-corrected chi connectivity index (χ3v) is 7.36. The van der Waals surface area contributed by atoms with Crippen molar-refractivity contribution in [2.24, 2.45) is 0 Å². The van der Waals surface area contributed by atoms with Crippen molar-refractivity contribution >= 4 is 39.9 Å². The lowest BCUT2D eigenvalue weighted by molar-refractivity contribution is 0.0970. The number of rotatable bonds is 7. The average Bonchev–Trinajstić information content (AvgIpc) is 3.29. The molecule has 2 heterocycles. The highest BCUT2D eigenvalue weighted by molar-refractivity contribution is 6.31. The van der Waals surface area contributed by atoms with Crippen molar-refractivity contribution in [2.45, 2.75) is 19.6 Å². The van der Waals surface area contributed by atoms with Gasteiger partial charge in [-0.3, -0.25) is 19.3 Å². The van der Waals surface area contributed by atoms with Crippen LogP contribution in [0.1, 0.15) is 50.6 Å². The second-order valence-electron chi connectivity index (χ2n) is 9.68. The molecule has 6 rings (SSSR count). The summed E-state index contributed by atoms with van der Waals surface area (Å²) < 4.78 is 17.7. The van der Waals surface area contributed by atoms with Crippen LogP contribution in [-0.2, 0) is 6.61 Å². The Labute approximate surface area is 240 Å². The highest BCUT2D eigenvalue weighted by Gasteiger charge is 2.44. The minimum Gasteiger partial charge on any atom is -0.493 e. The lowest BCUT2D eigenvalue weighted by Crippen LogP contribution is -2.29. The van der Waals surface area contributed by atoms with Crippen LogP contribution in [0.15, 0.2) is 100 Å². The van der Waals surface area contributed by atoms with Crippen LogP contribution in [0.4, 0.5) is 5.69 Å². The van der Waals surface area contributed by atoms with Crippen LogP contribution in [0.3, 0.4) is 0 Å². The molecule has 0 N–H and O–H groups in total. The lowest BCUT2D eigenvalue weighted by Gasteiger charge is -2.26. The standard InChI is InChI=1S/C33H24ClNO6/c1-19(36)21-8-12-24(13-9-21)35-30(29-31(37)25-17-23(34)11-15-26(25)41-32(29)33(35)38)22-10-14-27(28(16-22)39-2)40-18-20-6-4-3-5-7-20/h3-17,30H,18H2,1-2H3. The fourth-order valence-electron chi connectivity index (χ4n) is 5.09. The van der Waals surface area contributed by atoms with Crippen molar-refractivity contribution < 1.29 is 23.5 Å². The molecule has 1 unspecified atom stereocenters. The molecule has 4 aromatic carbocycles. The second kappa shape index (κ2) is 10.6. The summed E-state index contributed by atoms with van der Waals surface area (Å²) >= 11 is 6.20. The first-order valence-corrected chi connectivity index (χ1v) is 13.3. The highest BCUT2D eigenvalue weighted by Crippen LogP contribution is 2.43. The molecule has 1 aliphatic rings. The molecular formula is C33H24ClNO6. The van der Waals surface area contributed by atoms with Crippen molar-refractivity contribution in [1.29, 1.82) is 0 Å². The van der Waals surface area contributed by atoms with Crippen molar-refractivity contribution in [3.05, 3.63) is 134 Å². The van der Waals surface area contributed by atoms with E-state index in [1.54, 1.807) is 54.6 Å². The maximum Gasteiger partial charge on any atom is 0.295 e. The number of carbonyl (C=O) groups is 2. The van der Waals surface area contributed by atoms with E-state index in [2.05, 4.69) is 0 Å². The summed E-state index contributed by atoms with van der Waals surface area (Å²) in [5.41, 5.74) is 2.73. The van der Waals surface area contributed by atoms with Gasteiger partial charge in [-0.15, -0.1) is 0 Å². The Kier molecular flexibility index (Phi) is 6.81.